The first-order valence-electron chi connectivity index (χ1n) is 5.70. The van der Waals surface area contributed by atoms with Crippen LogP contribution in [0.2, 0.25) is 0 Å². The molecule has 84 valence electrons. The third kappa shape index (κ3) is 2.72. The third-order valence-electron chi connectivity index (χ3n) is 3.05. The molecule has 2 rings (SSSR count). The van der Waals surface area contributed by atoms with Crippen molar-refractivity contribution in [2.45, 2.75) is 19.8 Å². The average molecular weight is 208 g/mol. The highest BCUT2D eigenvalue weighted by molar-refractivity contribution is 5.45. The Balaban J connectivity index is 1.84. The van der Waals surface area contributed by atoms with E-state index in [-0.39, 0.29) is 0 Å². The molecule has 0 saturated carbocycles. The first kappa shape index (κ1) is 10.5. The van der Waals surface area contributed by atoms with Crippen molar-refractivity contribution in [2.24, 2.45) is 13.0 Å². The van der Waals surface area contributed by atoms with Crippen LogP contribution in [-0.4, -0.2) is 29.4 Å². The Morgan fingerprint density at radius 3 is 2.87 bits per heavy atom. The first-order valence-corrected chi connectivity index (χ1v) is 5.70. The van der Waals surface area contributed by atoms with Crippen LogP contribution < -0.4 is 10.6 Å². The van der Waals surface area contributed by atoms with Crippen molar-refractivity contribution < 1.29 is 0 Å². The minimum absolute atomic E-state index is 0.811. The van der Waals surface area contributed by atoms with E-state index in [4.69, 9.17) is 0 Å². The maximum atomic E-state index is 4.32. The van der Waals surface area contributed by atoms with E-state index in [1.807, 2.05) is 18.7 Å². The first-order chi connectivity index (χ1) is 7.25. The van der Waals surface area contributed by atoms with E-state index in [1.165, 1.54) is 31.6 Å². The monoisotopic (exact) mass is 208 g/mol. The van der Waals surface area contributed by atoms with Crippen molar-refractivity contribution in [3.63, 3.8) is 0 Å². The van der Waals surface area contributed by atoms with Crippen molar-refractivity contribution in [1.29, 1.82) is 0 Å². The van der Waals surface area contributed by atoms with Gasteiger partial charge in [-0.05, 0) is 38.8 Å². The largest absolute Gasteiger partial charge is 0.382 e. The maximum absolute atomic E-state index is 4.32. The fraction of sp³-hybridized carbons (Fsp3) is 0.727. The maximum Gasteiger partial charge on any atom is 0.0824 e. The molecule has 0 bridgehead atoms. The van der Waals surface area contributed by atoms with Crippen LogP contribution in [0, 0.1) is 12.8 Å². The highest BCUT2D eigenvalue weighted by atomic mass is 15.3. The van der Waals surface area contributed by atoms with E-state index in [0.717, 1.165) is 18.2 Å². The summed E-state index contributed by atoms with van der Waals surface area (Å²) < 4.78 is 1.86. The summed E-state index contributed by atoms with van der Waals surface area (Å²) in [7, 11) is 1.96. The van der Waals surface area contributed by atoms with Gasteiger partial charge in [-0.3, -0.25) is 4.68 Å². The minimum atomic E-state index is 0.811. The molecule has 1 fully saturated rings. The van der Waals surface area contributed by atoms with E-state index >= 15 is 0 Å². The van der Waals surface area contributed by atoms with Crippen LogP contribution in [-0.2, 0) is 7.05 Å². The predicted molar refractivity (Wildman–Crippen MR) is 62.0 cm³/mol. The molecule has 4 nitrogen and oxygen atoms in total. The predicted octanol–water partition coefficient (Wildman–Crippen LogP) is 1.14. The number of nitrogens with one attached hydrogen (secondary N) is 2. The fourth-order valence-electron chi connectivity index (χ4n) is 2.11. The van der Waals surface area contributed by atoms with E-state index in [0.29, 0.717) is 0 Å². The van der Waals surface area contributed by atoms with Crippen LogP contribution in [0.25, 0.3) is 0 Å². The van der Waals surface area contributed by atoms with Gasteiger partial charge in [-0.25, -0.2) is 0 Å². The van der Waals surface area contributed by atoms with Gasteiger partial charge >= 0.3 is 0 Å². The van der Waals surface area contributed by atoms with Crippen molar-refractivity contribution in [1.82, 2.24) is 15.1 Å². The van der Waals surface area contributed by atoms with Gasteiger partial charge in [0.1, 0.15) is 0 Å². The highest BCUT2D eigenvalue weighted by Crippen LogP contribution is 2.15. The van der Waals surface area contributed by atoms with Crippen LogP contribution in [0.1, 0.15) is 18.5 Å². The second-order valence-corrected chi connectivity index (χ2v) is 4.38. The number of aryl methyl sites for hydroxylation is 2. The zero-order valence-corrected chi connectivity index (χ0v) is 9.58. The Kier molecular flexibility index (Phi) is 3.26. The lowest BCUT2D eigenvalue weighted by Gasteiger charge is -2.22. The zero-order valence-electron chi connectivity index (χ0n) is 9.58. The molecule has 1 aromatic rings. The number of hydrogen-bond donors (Lipinski definition) is 2. The van der Waals surface area contributed by atoms with Gasteiger partial charge in [0.2, 0.25) is 0 Å². The van der Waals surface area contributed by atoms with E-state index in [9.17, 15) is 0 Å². The van der Waals surface area contributed by atoms with E-state index < -0.39 is 0 Å². The van der Waals surface area contributed by atoms with Crippen LogP contribution in [0.3, 0.4) is 0 Å². The molecule has 0 atom stereocenters. The standard InChI is InChI=1S/C11H20N4/c1-9-11(8-15(2)14-9)13-7-10-3-5-12-6-4-10/h8,10,12-13H,3-7H2,1-2H3. The molecule has 0 radical (unpaired) electrons. The van der Waals surface area contributed by atoms with E-state index in [1.54, 1.807) is 0 Å². The number of hydrogen-bond acceptors (Lipinski definition) is 3. The van der Waals surface area contributed by atoms with Gasteiger partial charge in [-0.2, -0.15) is 5.10 Å². The molecule has 1 aliphatic heterocycles. The topological polar surface area (TPSA) is 41.9 Å². The molecule has 0 aromatic carbocycles. The number of anilines is 1. The fourth-order valence-corrected chi connectivity index (χ4v) is 2.11. The van der Waals surface area contributed by atoms with Gasteiger partial charge in [0, 0.05) is 19.8 Å². The summed E-state index contributed by atoms with van der Waals surface area (Å²) in [4.78, 5) is 0. The zero-order chi connectivity index (χ0) is 10.7. The van der Waals surface area contributed by atoms with Crippen LogP contribution >= 0.6 is 0 Å². The van der Waals surface area contributed by atoms with Crippen molar-refractivity contribution in [2.75, 3.05) is 25.0 Å². The van der Waals surface area contributed by atoms with Gasteiger partial charge in [0.15, 0.2) is 0 Å². The Morgan fingerprint density at radius 2 is 2.27 bits per heavy atom. The van der Waals surface area contributed by atoms with Crippen LogP contribution in [0.4, 0.5) is 5.69 Å². The van der Waals surface area contributed by atoms with Crippen molar-refractivity contribution in [3.05, 3.63) is 11.9 Å². The lowest BCUT2D eigenvalue weighted by Crippen LogP contribution is -2.31. The number of aromatic nitrogens is 2. The molecule has 1 aromatic heterocycles. The summed E-state index contributed by atoms with van der Waals surface area (Å²) in [5.74, 6) is 0.811. The Hall–Kier alpha value is -1.03. The molecular formula is C11H20N4. The Labute approximate surface area is 91.1 Å². The molecule has 0 unspecified atom stereocenters. The number of nitrogens with zero attached hydrogens (tertiary/aromatic N) is 2. The summed E-state index contributed by atoms with van der Waals surface area (Å²) in [6.07, 6.45) is 4.62. The van der Waals surface area contributed by atoms with Crippen LogP contribution in [0.5, 0.6) is 0 Å². The summed E-state index contributed by atoms with van der Waals surface area (Å²) in [6.45, 7) is 5.45. The normalized spacial score (nSPS) is 18.0. The molecule has 1 aliphatic rings. The molecule has 1 saturated heterocycles. The quantitative estimate of drug-likeness (QED) is 0.782. The Bertz CT molecular complexity index is 312. The number of rotatable bonds is 3. The van der Waals surface area contributed by atoms with E-state index in [2.05, 4.69) is 21.9 Å². The van der Waals surface area contributed by atoms with Gasteiger partial charge in [0.25, 0.3) is 0 Å². The SMILES string of the molecule is Cc1nn(C)cc1NCC1CCNCC1. The third-order valence-corrected chi connectivity index (χ3v) is 3.05. The molecule has 0 spiro atoms. The van der Waals surface area contributed by atoms with Crippen molar-refractivity contribution >= 4 is 5.69 Å². The van der Waals surface area contributed by atoms with Gasteiger partial charge in [-0.1, -0.05) is 0 Å². The van der Waals surface area contributed by atoms with Gasteiger partial charge in [-0.15, -0.1) is 0 Å². The molecule has 15 heavy (non-hydrogen) atoms. The average Bonchev–Trinajstić information content (AvgIpc) is 2.56. The molecule has 0 amide bonds. The molecule has 4 heteroatoms. The molecule has 0 aliphatic carbocycles. The summed E-state index contributed by atoms with van der Waals surface area (Å²) in [5.41, 5.74) is 2.27. The summed E-state index contributed by atoms with van der Waals surface area (Å²) in [5, 5.41) is 11.2. The molecular weight excluding hydrogens is 188 g/mol. The van der Waals surface area contributed by atoms with Crippen LogP contribution in [0.15, 0.2) is 6.20 Å². The lowest BCUT2D eigenvalue weighted by molar-refractivity contribution is 0.390. The summed E-state index contributed by atoms with van der Waals surface area (Å²) in [6, 6.07) is 0. The molecule has 2 heterocycles. The smallest absolute Gasteiger partial charge is 0.0824 e. The Morgan fingerprint density at radius 1 is 1.53 bits per heavy atom. The molecule has 2 N–H and O–H groups in total. The highest BCUT2D eigenvalue weighted by Gasteiger charge is 2.13. The second kappa shape index (κ2) is 4.66. The summed E-state index contributed by atoms with van der Waals surface area (Å²) >= 11 is 0. The van der Waals surface area contributed by atoms with Gasteiger partial charge in [0.05, 0.1) is 11.4 Å². The van der Waals surface area contributed by atoms with Gasteiger partial charge < -0.3 is 10.6 Å². The van der Waals surface area contributed by atoms with Crippen molar-refractivity contribution in [3.8, 4) is 0 Å². The number of piperidine rings is 1. The minimum Gasteiger partial charge on any atom is -0.382 e. The second-order valence-electron chi connectivity index (χ2n) is 4.38. The lowest BCUT2D eigenvalue weighted by atomic mass is 9.98.